The first-order chi connectivity index (χ1) is 15.5. The number of hydrogen-bond donors (Lipinski definition) is 1. The Bertz CT molecular complexity index is 950. The lowest BCUT2D eigenvalue weighted by Crippen LogP contribution is -2.52. The highest BCUT2D eigenvalue weighted by atomic mass is 16.5. The van der Waals surface area contributed by atoms with Gasteiger partial charge in [0.05, 0.1) is 6.10 Å². The molecule has 2 atom stereocenters. The summed E-state index contributed by atoms with van der Waals surface area (Å²) in [4.78, 5) is 55.3. The highest BCUT2D eigenvalue weighted by Gasteiger charge is 2.39. The molecular weight excluding hydrogens is 412 g/mol. The number of hydrogen-bond acceptors (Lipinski definition) is 6. The standard InChI is InChI=1S/C23H28N4O5/c28-20-6-5-19(21(29)24-20)27-13-16-12-15(3-4-18(16)23(27)31)22(30)26-9-7-25(8-10-26)14-17-2-1-11-32-17/h3-4,12,17,19H,1-2,5-11,13-14H2,(H,24,28,29). The molecule has 4 aliphatic heterocycles. The molecule has 9 nitrogen and oxygen atoms in total. The first-order valence-corrected chi connectivity index (χ1v) is 11.4. The minimum Gasteiger partial charge on any atom is -0.377 e. The van der Waals surface area contributed by atoms with E-state index in [1.807, 2.05) is 4.90 Å². The van der Waals surface area contributed by atoms with Gasteiger partial charge >= 0.3 is 0 Å². The van der Waals surface area contributed by atoms with Crippen molar-refractivity contribution in [1.29, 1.82) is 0 Å². The third kappa shape index (κ3) is 4.02. The maximum Gasteiger partial charge on any atom is 0.255 e. The Balaban J connectivity index is 1.22. The Labute approximate surface area is 186 Å². The second-order valence-electron chi connectivity index (χ2n) is 9.00. The number of imide groups is 1. The summed E-state index contributed by atoms with van der Waals surface area (Å²) in [7, 11) is 0. The average Bonchev–Trinajstić information content (AvgIpc) is 3.41. The second kappa shape index (κ2) is 8.63. The maximum atomic E-state index is 13.1. The fourth-order valence-electron chi connectivity index (χ4n) is 5.10. The van der Waals surface area contributed by atoms with Crippen molar-refractivity contribution in [1.82, 2.24) is 20.0 Å². The van der Waals surface area contributed by atoms with Crippen LogP contribution < -0.4 is 5.32 Å². The third-order valence-corrected chi connectivity index (χ3v) is 6.92. The van der Waals surface area contributed by atoms with E-state index in [0.29, 0.717) is 36.7 Å². The summed E-state index contributed by atoms with van der Waals surface area (Å²) in [6, 6.07) is 4.51. The number of carbonyl (C=O) groups is 4. The van der Waals surface area contributed by atoms with Crippen molar-refractivity contribution in [3.05, 3.63) is 34.9 Å². The molecule has 3 fully saturated rings. The topological polar surface area (TPSA) is 99.3 Å². The van der Waals surface area contributed by atoms with E-state index in [0.717, 1.165) is 44.6 Å². The molecule has 32 heavy (non-hydrogen) atoms. The van der Waals surface area contributed by atoms with E-state index in [-0.39, 0.29) is 30.7 Å². The van der Waals surface area contributed by atoms with Crippen LogP contribution in [-0.4, -0.2) is 89.8 Å². The first-order valence-electron chi connectivity index (χ1n) is 11.4. The molecule has 2 unspecified atom stereocenters. The van der Waals surface area contributed by atoms with Crippen molar-refractivity contribution in [3.8, 4) is 0 Å². The van der Waals surface area contributed by atoms with Crippen LogP contribution in [0.1, 0.15) is 52.0 Å². The average molecular weight is 441 g/mol. The van der Waals surface area contributed by atoms with Gasteiger partial charge in [-0.1, -0.05) is 0 Å². The van der Waals surface area contributed by atoms with Crippen molar-refractivity contribution in [2.24, 2.45) is 0 Å². The lowest BCUT2D eigenvalue weighted by Gasteiger charge is -2.35. The van der Waals surface area contributed by atoms with E-state index in [9.17, 15) is 19.2 Å². The number of nitrogens with one attached hydrogen (secondary N) is 1. The second-order valence-corrected chi connectivity index (χ2v) is 9.00. The SMILES string of the molecule is O=C1CCC(N2Cc3cc(C(=O)N4CCN(CC5CCCO5)CC4)ccc3C2=O)C(=O)N1. The first kappa shape index (κ1) is 21.1. The summed E-state index contributed by atoms with van der Waals surface area (Å²) in [6.45, 7) is 5.06. The highest BCUT2D eigenvalue weighted by molar-refractivity contribution is 6.06. The van der Waals surface area contributed by atoms with Crippen molar-refractivity contribution < 1.29 is 23.9 Å². The van der Waals surface area contributed by atoms with Crippen LogP contribution in [-0.2, 0) is 20.9 Å². The van der Waals surface area contributed by atoms with Gasteiger partial charge < -0.3 is 14.5 Å². The number of piperazine rings is 1. The number of nitrogens with zero attached hydrogens (tertiary/aromatic N) is 3. The van der Waals surface area contributed by atoms with Gasteiger partial charge in [-0.3, -0.25) is 29.4 Å². The number of benzene rings is 1. The molecular formula is C23H28N4O5. The molecule has 1 aromatic carbocycles. The quantitative estimate of drug-likeness (QED) is 0.680. The highest BCUT2D eigenvalue weighted by Crippen LogP contribution is 2.28. The zero-order valence-corrected chi connectivity index (χ0v) is 18.0. The van der Waals surface area contributed by atoms with Crippen LogP contribution in [0.25, 0.3) is 0 Å². The lowest BCUT2D eigenvalue weighted by atomic mass is 10.0. The van der Waals surface area contributed by atoms with Crippen molar-refractivity contribution >= 4 is 23.6 Å². The largest absolute Gasteiger partial charge is 0.377 e. The number of rotatable bonds is 4. The number of ether oxygens (including phenoxy) is 1. The normalized spacial score (nSPS) is 26.4. The summed E-state index contributed by atoms with van der Waals surface area (Å²) in [5, 5.41) is 2.31. The molecule has 0 aliphatic carbocycles. The predicted molar refractivity (Wildman–Crippen MR) is 114 cm³/mol. The Morgan fingerprint density at radius 1 is 1.09 bits per heavy atom. The molecule has 0 spiro atoms. The molecule has 1 N–H and O–H groups in total. The van der Waals surface area contributed by atoms with Gasteiger partial charge in [-0.2, -0.15) is 0 Å². The zero-order valence-electron chi connectivity index (χ0n) is 18.0. The molecule has 0 saturated carbocycles. The molecule has 0 bridgehead atoms. The fourth-order valence-corrected chi connectivity index (χ4v) is 5.10. The third-order valence-electron chi connectivity index (χ3n) is 6.92. The fraction of sp³-hybridized carbons (Fsp3) is 0.565. The van der Waals surface area contributed by atoms with Gasteiger partial charge in [-0.25, -0.2) is 0 Å². The molecule has 0 radical (unpaired) electrons. The molecule has 3 saturated heterocycles. The molecule has 9 heteroatoms. The van der Waals surface area contributed by atoms with Crippen LogP contribution in [0.3, 0.4) is 0 Å². The van der Waals surface area contributed by atoms with E-state index in [1.54, 1.807) is 18.2 Å². The van der Waals surface area contributed by atoms with Crippen molar-refractivity contribution in [2.75, 3.05) is 39.3 Å². The van der Waals surface area contributed by atoms with E-state index in [4.69, 9.17) is 4.74 Å². The van der Waals surface area contributed by atoms with Gasteiger partial charge in [-0.15, -0.1) is 0 Å². The summed E-state index contributed by atoms with van der Waals surface area (Å²) in [5.41, 5.74) is 1.84. The molecule has 4 aliphatic rings. The Kier molecular flexibility index (Phi) is 5.69. The van der Waals surface area contributed by atoms with Crippen LogP contribution in [0.15, 0.2) is 18.2 Å². The smallest absolute Gasteiger partial charge is 0.255 e. The summed E-state index contributed by atoms with van der Waals surface area (Å²) in [6.07, 6.45) is 3.11. The molecule has 4 heterocycles. The van der Waals surface area contributed by atoms with Crippen LogP contribution in [0, 0.1) is 0 Å². The lowest BCUT2D eigenvalue weighted by molar-refractivity contribution is -0.136. The number of carbonyl (C=O) groups excluding carboxylic acids is 4. The van der Waals surface area contributed by atoms with E-state index >= 15 is 0 Å². The number of fused-ring (bicyclic) bond motifs is 1. The Morgan fingerprint density at radius 3 is 2.62 bits per heavy atom. The Hall–Kier alpha value is -2.78. The van der Waals surface area contributed by atoms with Crippen LogP contribution in [0.5, 0.6) is 0 Å². The van der Waals surface area contributed by atoms with Crippen molar-refractivity contribution in [2.45, 2.75) is 44.4 Å². The van der Waals surface area contributed by atoms with Crippen LogP contribution >= 0.6 is 0 Å². The number of amides is 4. The van der Waals surface area contributed by atoms with Gasteiger partial charge in [0.15, 0.2) is 0 Å². The Morgan fingerprint density at radius 2 is 1.91 bits per heavy atom. The maximum absolute atomic E-state index is 13.1. The minimum absolute atomic E-state index is 0.0310. The van der Waals surface area contributed by atoms with Crippen LogP contribution in [0.2, 0.25) is 0 Å². The van der Waals surface area contributed by atoms with Crippen LogP contribution in [0.4, 0.5) is 0 Å². The summed E-state index contributed by atoms with van der Waals surface area (Å²) in [5.74, 6) is -0.994. The predicted octanol–water partition coefficient (Wildman–Crippen LogP) is 0.384. The van der Waals surface area contributed by atoms with Gasteiger partial charge in [0.25, 0.3) is 11.8 Å². The van der Waals surface area contributed by atoms with Crippen molar-refractivity contribution in [3.63, 3.8) is 0 Å². The number of piperidine rings is 1. The van der Waals surface area contributed by atoms with Gasteiger partial charge in [0.2, 0.25) is 11.8 Å². The van der Waals surface area contributed by atoms with E-state index in [2.05, 4.69) is 10.2 Å². The summed E-state index contributed by atoms with van der Waals surface area (Å²) >= 11 is 0. The molecule has 0 aromatic heterocycles. The molecule has 4 amide bonds. The summed E-state index contributed by atoms with van der Waals surface area (Å²) < 4.78 is 5.72. The van der Waals surface area contributed by atoms with Gasteiger partial charge in [0, 0.05) is 63.4 Å². The zero-order chi connectivity index (χ0) is 22.2. The molecule has 170 valence electrons. The minimum atomic E-state index is -0.649. The van der Waals surface area contributed by atoms with E-state index < -0.39 is 11.9 Å². The van der Waals surface area contributed by atoms with E-state index in [1.165, 1.54) is 4.90 Å². The monoisotopic (exact) mass is 440 g/mol. The van der Waals surface area contributed by atoms with Gasteiger partial charge in [-0.05, 0) is 43.0 Å². The van der Waals surface area contributed by atoms with Gasteiger partial charge in [0.1, 0.15) is 6.04 Å². The molecule has 5 rings (SSSR count). The molecule has 1 aromatic rings.